The van der Waals surface area contributed by atoms with Gasteiger partial charge in [0.15, 0.2) is 11.4 Å². The minimum absolute atomic E-state index is 0.257. The molecule has 1 aromatic carbocycles. The highest BCUT2D eigenvalue weighted by molar-refractivity contribution is 7.14. The smallest absolute Gasteiger partial charge is 0.271 e. The summed E-state index contributed by atoms with van der Waals surface area (Å²) in [6.45, 7) is 5.02. The van der Waals surface area contributed by atoms with E-state index in [1.807, 2.05) is 26.0 Å². The van der Waals surface area contributed by atoms with E-state index >= 15 is 0 Å². The number of hydrogen-bond donors (Lipinski definition) is 2. The van der Waals surface area contributed by atoms with Crippen LogP contribution in [-0.4, -0.2) is 51.2 Å². The second-order valence-electron chi connectivity index (χ2n) is 5.28. The van der Waals surface area contributed by atoms with Crippen LogP contribution in [0.15, 0.2) is 23.6 Å². The number of amides is 1. The van der Waals surface area contributed by atoms with Crippen LogP contribution in [0.2, 0.25) is 0 Å². The molecule has 1 aromatic heterocycles. The Morgan fingerprint density at radius 1 is 1.19 bits per heavy atom. The fourth-order valence-electron chi connectivity index (χ4n) is 2.26. The SMILES string of the molecule is CCOC(CNC(=O)c1csc(Nc2ccc(OC)cc2OC)n1)OCC. The molecule has 0 aliphatic heterocycles. The van der Waals surface area contributed by atoms with Crippen molar-refractivity contribution in [3.8, 4) is 11.5 Å². The van der Waals surface area contributed by atoms with Gasteiger partial charge in [0.05, 0.1) is 26.5 Å². The molecule has 0 atom stereocenters. The highest BCUT2D eigenvalue weighted by atomic mass is 32.1. The summed E-state index contributed by atoms with van der Waals surface area (Å²) in [5.41, 5.74) is 1.05. The molecule has 9 heteroatoms. The molecule has 148 valence electrons. The largest absolute Gasteiger partial charge is 0.497 e. The molecule has 27 heavy (non-hydrogen) atoms. The summed E-state index contributed by atoms with van der Waals surface area (Å²) in [6, 6.07) is 5.41. The number of thiazole rings is 1. The Bertz CT molecular complexity index is 732. The van der Waals surface area contributed by atoms with Gasteiger partial charge in [-0.15, -0.1) is 11.3 Å². The highest BCUT2D eigenvalue weighted by Crippen LogP contribution is 2.32. The molecule has 0 aliphatic carbocycles. The lowest BCUT2D eigenvalue weighted by Crippen LogP contribution is -2.35. The number of carbonyl (C=O) groups excluding carboxylic acids is 1. The third-order valence-corrected chi connectivity index (χ3v) is 4.28. The first kappa shape index (κ1) is 20.9. The summed E-state index contributed by atoms with van der Waals surface area (Å²) < 4.78 is 21.3. The number of nitrogens with one attached hydrogen (secondary N) is 2. The van der Waals surface area contributed by atoms with Crippen molar-refractivity contribution >= 4 is 28.1 Å². The Hall–Kier alpha value is -2.36. The lowest BCUT2D eigenvalue weighted by molar-refractivity contribution is -0.131. The average molecular weight is 395 g/mol. The Morgan fingerprint density at radius 2 is 1.93 bits per heavy atom. The summed E-state index contributed by atoms with van der Waals surface area (Å²) in [6.07, 6.45) is -0.469. The maximum atomic E-state index is 12.3. The molecule has 0 bridgehead atoms. The molecule has 8 nitrogen and oxygen atoms in total. The summed E-state index contributed by atoms with van der Waals surface area (Å²) in [5.74, 6) is 1.02. The van der Waals surface area contributed by atoms with Gasteiger partial charge in [-0.3, -0.25) is 4.79 Å². The van der Waals surface area contributed by atoms with Gasteiger partial charge in [0.1, 0.15) is 17.2 Å². The van der Waals surface area contributed by atoms with E-state index in [-0.39, 0.29) is 12.5 Å². The van der Waals surface area contributed by atoms with Gasteiger partial charge < -0.3 is 29.6 Å². The Kier molecular flexibility index (Phi) is 8.31. The number of nitrogens with zero attached hydrogens (tertiary/aromatic N) is 1. The van der Waals surface area contributed by atoms with Gasteiger partial charge >= 0.3 is 0 Å². The van der Waals surface area contributed by atoms with Gasteiger partial charge in [0.2, 0.25) is 0 Å². The molecule has 0 aliphatic rings. The first-order valence-electron chi connectivity index (χ1n) is 8.57. The predicted octanol–water partition coefficient (Wildman–Crippen LogP) is 3.03. The van der Waals surface area contributed by atoms with E-state index in [4.69, 9.17) is 18.9 Å². The highest BCUT2D eigenvalue weighted by Gasteiger charge is 2.15. The standard InChI is InChI=1S/C18H25N3O5S/c1-5-25-16(26-6-2)10-19-17(22)14-11-27-18(21-14)20-13-8-7-12(23-3)9-15(13)24-4/h7-9,11,16H,5-6,10H2,1-4H3,(H,19,22)(H,20,21). The van der Waals surface area contributed by atoms with E-state index in [1.54, 1.807) is 25.7 Å². The second kappa shape index (κ2) is 10.7. The molecule has 1 amide bonds. The normalized spacial score (nSPS) is 10.7. The van der Waals surface area contributed by atoms with E-state index in [0.717, 1.165) is 5.69 Å². The summed E-state index contributed by atoms with van der Waals surface area (Å²) in [5, 5.41) is 8.19. The van der Waals surface area contributed by atoms with Gasteiger partial charge in [-0.2, -0.15) is 0 Å². The van der Waals surface area contributed by atoms with Crippen LogP contribution < -0.4 is 20.1 Å². The van der Waals surface area contributed by atoms with Crippen molar-refractivity contribution in [2.24, 2.45) is 0 Å². The van der Waals surface area contributed by atoms with E-state index < -0.39 is 6.29 Å². The van der Waals surface area contributed by atoms with Crippen molar-refractivity contribution in [1.29, 1.82) is 0 Å². The number of aromatic nitrogens is 1. The summed E-state index contributed by atoms with van der Waals surface area (Å²) in [7, 11) is 3.17. The summed E-state index contributed by atoms with van der Waals surface area (Å²) >= 11 is 1.32. The van der Waals surface area contributed by atoms with Crippen LogP contribution in [0.25, 0.3) is 0 Å². The van der Waals surface area contributed by atoms with Crippen molar-refractivity contribution < 1.29 is 23.7 Å². The molecule has 1 heterocycles. The minimum Gasteiger partial charge on any atom is -0.497 e. The van der Waals surface area contributed by atoms with E-state index in [1.165, 1.54) is 11.3 Å². The van der Waals surface area contributed by atoms with Crippen LogP contribution >= 0.6 is 11.3 Å². The van der Waals surface area contributed by atoms with Gasteiger partial charge in [-0.05, 0) is 26.0 Å². The van der Waals surface area contributed by atoms with Crippen molar-refractivity contribution in [3.05, 3.63) is 29.3 Å². The molecule has 2 aromatic rings. The van der Waals surface area contributed by atoms with E-state index in [9.17, 15) is 4.79 Å². The second-order valence-corrected chi connectivity index (χ2v) is 6.14. The molecule has 2 rings (SSSR count). The summed E-state index contributed by atoms with van der Waals surface area (Å²) in [4.78, 5) is 16.6. The fraction of sp³-hybridized carbons (Fsp3) is 0.444. The molecule has 0 saturated carbocycles. The first-order chi connectivity index (χ1) is 13.1. The number of anilines is 2. The zero-order chi connectivity index (χ0) is 19.6. The van der Waals surface area contributed by atoms with Gasteiger partial charge in [0.25, 0.3) is 5.91 Å². The van der Waals surface area contributed by atoms with Gasteiger partial charge in [0, 0.05) is 24.7 Å². The van der Waals surface area contributed by atoms with Gasteiger partial charge in [-0.25, -0.2) is 4.98 Å². The number of methoxy groups -OCH3 is 2. The van der Waals surface area contributed by atoms with Crippen LogP contribution in [0.1, 0.15) is 24.3 Å². The van der Waals surface area contributed by atoms with Crippen molar-refractivity contribution in [3.63, 3.8) is 0 Å². The molecule has 0 spiro atoms. The lowest BCUT2D eigenvalue weighted by Gasteiger charge is -2.16. The number of hydrogen-bond acceptors (Lipinski definition) is 8. The Labute approximate surface area is 162 Å². The third kappa shape index (κ3) is 6.09. The van der Waals surface area contributed by atoms with Crippen LogP contribution in [-0.2, 0) is 9.47 Å². The van der Waals surface area contributed by atoms with E-state index in [2.05, 4.69) is 15.6 Å². The van der Waals surface area contributed by atoms with Crippen molar-refractivity contribution in [2.75, 3.05) is 39.3 Å². The number of benzene rings is 1. The molecular formula is C18H25N3O5S. The maximum Gasteiger partial charge on any atom is 0.271 e. The lowest BCUT2D eigenvalue weighted by atomic mass is 10.3. The monoisotopic (exact) mass is 395 g/mol. The first-order valence-corrected chi connectivity index (χ1v) is 9.45. The predicted molar refractivity (Wildman–Crippen MR) is 104 cm³/mol. The fourth-order valence-corrected chi connectivity index (χ4v) is 2.96. The molecule has 0 radical (unpaired) electrons. The Morgan fingerprint density at radius 3 is 2.56 bits per heavy atom. The van der Waals surface area contributed by atoms with Crippen molar-refractivity contribution in [1.82, 2.24) is 10.3 Å². The van der Waals surface area contributed by atoms with Crippen LogP contribution in [0.5, 0.6) is 11.5 Å². The average Bonchev–Trinajstić information content (AvgIpc) is 3.15. The number of ether oxygens (including phenoxy) is 4. The zero-order valence-electron chi connectivity index (χ0n) is 15.9. The van der Waals surface area contributed by atoms with Crippen LogP contribution in [0.4, 0.5) is 10.8 Å². The molecule has 0 fully saturated rings. The maximum absolute atomic E-state index is 12.3. The van der Waals surface area contributed by atoms with Gasteiger partial charge in [-0.1, -0.05) is 0 Å². The topological polar surface area (TPSA) is 90.9 Å². The van der Waals surface area contributed by atoms with Crippen LogP contribution in [0.3, 0.4) is 0 Å². The Balaban J connectivity index is 1.98. The zero-order valence-corrected chi connectivity index (χ0v) is 16.7. The number of rotatable bonds is 11. The van der Waals surface area contributed by atoms with E-state index in [0.29, 0.717) is 35.5 Å². The quantitative estimate of drug-likeness (QED) is 0.565. The molecule has 0 saturated heterocycles. The third-order valence-electron chi connectivity index (χ3n) is 3.52. The molecule has 2 N–H and O–H groups in total. The molecular weight excluding hydrogens is 370 g/mol. The van der Waals surface area contributed by atoms with Crippen LogP contribution in [0, 0.1) is 0 Å². The number of carbonyl (C=O) groups is 1. The molecule has 0 unspecified atom stereocenters. The van der Waals surface area contributed by atoms with Crippen molar-refractivity contribution in [2.45, 2.75) is 20.1 Å². The minimum atomic E-state index is -0.469.